The van der Waals surface area contributed by atoms with Crippen LogP contribution in [-0.4, -0.2) is 41.9 Å². The second-order valence-electron chi connectivity index (χ2n) is 6.13. The van der Waals surface area contributed by atoms with Crippen LogP contribution in [-0.2, 0) is 0 Å². The van der Waals surface area contributed by atoms with Crippen molar-refractivity contribution < 1.29 is 23.2 Å². The summed E-state index contributed by atoms with van der Waals surface area (Å²) in [6, 6.07) is 5.74. The Bertz CT molecular complexity index is 802. The van der Waals surface area contributed by atoms with Crippen LogP contribution in [0.5, 0.6) is 5.75 Å². The van der Waals surface area contributed by atoms with Crippen LogP contribution in [0, 0.1) is 18.7 Å². The zero-order valence-electron chi connectivity index (χ0n) is 14.1. The molecule has 1 aliphatic rings. The third kappa shape index (κ3) is 3.55. The molecule has 1 aromatic carbocycles. The summed E-state index contributed by atoms with van der Waals surface area (Å²) >= 11 is 0. The normalized spacial score (nSPS) is 17.4. The molecule has 1 aromatic heterocycles. The second kappa shape index (κ2) is 7.04. The number of carbonyl (C=O) groups is 2. The zero-order valence-corrected chi connectivity index (χ0v) is 14.1. The van der Waals surface area contributed by atoms with Crippen molar-refractivity contribution in [2.45, 2.75) is 19.8 Å². The molecule has 0 saturated carbocycles. The number of Topliss-reactive ketones (excluding diaryl/α,β-unsaturated/α-hetero) is 1. The van der Waals surface area contributed by atoms with Gasteiger partial charge in [0.25, 0.3) is 5.91 Å². The Morgan fingerprint density at radius 2 is 2.16 bits per heavy atom. The first-order valence-electron chi connectivity index (χ1n) is 8.10. The number of halogens is 1. The van der Waals surface area contributed by atoms with E-state index in [1.54, 1.807) is 24.0 Å². The van der Waals surface area contributed by atoms with E-state index in [1.165, 1.54) is 19.2 Å². The number of piperidine rings is 1. The van der Waals surface area contributed by atoms with Gasteiger partial charge in [-0.05, 0) is 38.0 Å². The molecule has 1 aliphatic heterocycles. The topological polar surface area (TPSA) is 72.6 Å². The highest BCUT2D eigenvalue weighted by atomic mass is 19.1. The van der Waals surface area contributed by atoms with Crippen molar-refractivity contribution in [3.05, 3.63) is 47.1 Å². The molecular formula is C18H19FN2O4. The summed E-state index contributed by atoms with van der Waals surface area (Å²) in [4.78, 5) is 26.8. The van der Waals surface area contributed by atoms with E-state index in [2.05, 4.69) is 5.16 Å². The van der Waals surface area contributed by atoms with Gasteiger partial charge in [-0.1, -0.05) is 5.16 Å². The molecule has 6 nitrogen and oxygen atoms in total. The van der Waals surface area contributed by atoms with Crippen LogP contribution in [0.15, 0.2) is 28.8 Å². The average molecular weight is 346 g/mol. The fraction of sp³-hybridized carbons (Fsp3) is 0.389. The number of rotatable bonds is 4. The summed E-state index contributed by atoms with van der Waals surface area (Å²) in [5.41, 5.74) is 0.524. The van der Waals surface area contributed by atoms with Crippen LogP contribution in [0.1, 0.15) is 39.4 Å². The molecule has 1 atom stereocenters. The van der Waals surface area contributed by atoms with Crippen LogP contribution >= 0.6 is 0 Å². The van der Waals surface area contributed by atoms with Gasteiger partial charge in [-0.3, -0.25) is 9.59 Å². The van der Waals surface area contributed by atoms with Crippen LogP contribution in [0.2, 0.25) is 0 Å². The van der Waals surface area contributed by atoms with Crippen LogP contribution < -0.4 is 4.74 Å². The number of carbonyl (C=O) groups excluding carboxylic acids is 2. The standard InChI is InChI=1S/C18H19FN2O4/c1-11-8-15(20-25-11)18(23)21-7-3-4-13(10-21)17(22)12-5-6-16(24-2)14(19)9-12/h5-6,8-9,13H,3-4,7,10H2,1-2H3/t13-/m1/s1. The summed E-state index contributed by atoms with van der Waals surface area (Å²) in [7, 11) is 1.37. The quantitative estimate of drug-likeness (QED) is 0.796. The van der Waals surface area contributed by atoms with Gasteiger partial charge < -0.3 is 14.2 Å². The van der Waals surface area contributed by atoms with Crippen molar-refractivity contribution in [1.29, 1.82) is 0 Å². The first kappa shape index (κ1) is 17.1. The van der Waals surface area contributed by atoms with E-state index in [1.807, 2.05) is 0 Å². The van der Waals surface area contributed by atoms with E-state index in [0.717, 1.165) is 0 Å². The molecule has 2 aromatic rings. The van der Waals surface area contributed by atoms with Gasteiger partial charge >= 0.3 is 0 Å². The predicted molar refractivity (Wildman–Crippen MR) is 87.2 cm³/mol. The molecule has 0 radical (unpaired) electrons. The molecule has 0 aliphatic carbocycles. The Morgan fingerprint density at radius 1 is 1.36 bits per heavy atom. The molecule has 3 rings (SSSR count). The zero-order chi connectivity index (χ0) is 18.0. The molecule has 0 spiro atoms. The minimum Gasteiger partial charge on any atom is -0.494 e. The Kier molecular flexibility index (Phi) is 4.83. The molecule has 25 heavy (non-hydrogen) atoms. The molecule has 1 fully saturated rings. The third-order valence-electron chi connectivity index (χ3n) is 4.36. The van der Waals surface area contributed by atoms with Gasteiger partial charge in [0.1, 0.15) is 5.76 Å². The number of nitrogens with zero attached hydrogens (tertiary/aromatic N) is 2. The Balaban J connectivity index is 1.73. The highest BCUT2D eigenvalue weighted by Crippen LogP contribution is 2.25. The van der Waals surface area contributed by atoms with E-state index < -0.39 is 5.82 Å². The van der Waals surface area contributed by atoms with Crippen LogP contribution in [0.3, 0.4) is 0 Å². The molecule has 0 N–H and O–H groups in total. The number of hydrogen-bond donors (Lipinski definition) is 0. The minimum atomic E-state index is -0.574. The first-order valence-corrected chi connectivity index (χ1v) is 8.10. The molecule has 2 heterocycles. The van der Waals surface area contributed by atoms with Crippen molar-refractivity contribution >= 4 is 11.7 Å². The lowest BCUT2D eigenvalue weighted by atomic mass is 9.89. The summed E-state index contributed by atoms with van der Waals surface area (Å²) in [5.74, 6) is -0.709. The van der Waals surface area contributed by atoms with Gasteiger partial charge in [-0.2, -0.15) is 0 Å². The number of ether oxygens (including phenoxy) is 1. The molecular weight excluding hydrogens is 327 g/mol. The van der Waals surface area contributed by atoms with Crippen molar-refractivity contribution in [3.63, 3.8) is 0 Å². The monoisotopic (exact) mass is 346 g/mol. The SMILES string of the molecule is COc1ccc(C(=O)[C@@H]2CCCN(C(=O)c3cc(C)on3)C2)cc1F. The molecule has 1 amide bonds. The predicted octanol–water partition coefficient (Wildman–Crippen LogP) is 2.87. The van der Waals surface area contributed by atoms with Crippen molar-refractivity contribution in [2.24, 2.45) is 5.92 Å². The largest absolute Gasteiger partial charge is 0.494 e. The van der Waals surface area contributed by atoms with Crippen LogP contribution in [0.4, 0.5) is 4.39 Å². The van der Waals surface area contributed by atoms with Crippen molar-refractivity contribution in [2.75, 3.05) is 20.2 Å². The van der Waals surface area contributed by atoms with E-state index in [-0.39, 0.29) is 41.2 Å². The number of ketones is 1. The van der Waals surface area contributed by atoms with Gasteiger partial charge in [-0.25, -0.2) is 4.39 Å². The molecule has 1 saturated heterocycles. The smallest absolute Gasteiger partial charge is 0.276 e. The summed E-state index contributed by atoms with van der Waals surface area (Å²) in [6.07, 6.45) is 1.37. The fourth-order valence-corrected chi connectivity index (χ4v) is 3.06. The highest BCUT2D eigenvalue weighted by Gasteiger charge is 2.30. The molecule has 0 bridgehead atoms. The lowest BCUT2D eigenvalue weighted by molar-refractivity contribution is 0.0628. The number of amides is 1. The lowest BCUT2D eigenvalue weighted by Gasteiger charge is -2.31. The number of aromatic nitrogens is 1. The van der Waals surface area contributed by atoms with E-state index in [4.69, 9.17) is 9.26 Å². The highest BCUT2D eigenvalue weighted by molar-refractivity contribution is 5.99. The Labute approximate surface area is 144 Å². The first-order chi connectivity index (χ1) is 12.0. The van der Waals surface area contributed by atoms with E-state index in [9.17, 15) is 14.0 Å². The number of methoxy groups -OCH3 is 1. The summed E-state index contributed by atoms with van der Waals surface area (Å²) in [6.45, 7) is 2.56. The third-order valence-corrected chi connectivity index (χ3v) is 4.36. The maximum Gasteiger partial charge on any atom is 0.276 e. The second-order valence-corrected chi connectivity index (χ2v) is 6.13. The Hall–Kier alpha value is -2.70. The van der Waals surface area contributed by atoms with Crippen LogP contribution in [0.25, 0.3) is 0 Å². The van der Waals surface area contributed by atoms with Crippen molar-refractivity contribution in [3.8, 4) is 5.75 Å². The van der Waals surface area contributed by atoms with Crippen molar-refractivity contribution in [1.82, 2.24) is 10.1 Å². The summed E-state index contributed by atoms with van der Waals surface area (Å²) in [5, 5.41) is 3.74. The van der Waals surface area contributed by atoms with E-state index in [0.29, 0.717) is 25.1 Å². The fourth-order valence-electron chi connectivity index (χ4n) is 3.06. The molecule has 0 unspecified atom stereocenters. The number of likely N-dealkylation sites (tertiary alicyclic amines) is 1. The summed E-state index contributed by atoms with van der Waals surface area (Å²) < 4.78 is 23.7. The average Bonchev–Trinajstić information content (AvgIpc) is 3.07. The van der Waals surface area contributed by atoms with Gasteiger partial charge in [-0.15, -0.1) is 0 Å². The van der Waals surface area contributed by atoms with Gasteiger partial charge in [0, 0.05) is 30.6 Å². The molecule has 7 heteroatoms. The lowest BCUT2D eigenvalue weighted by Crippen LogP contribution is -2.42. The maximum absolute atomic E-state index is 13.8. The maximum atomic E-state index is 13.8. The van der Waals surface area contributed by atoms with E-state index >= 15 is 0 Å². The van der Waals surface area contributed by atoms with Gasteiger partial charge in [0.05, 0.1) is 7.11 Å². The number of hydrogen-bond acceptors (Lipinski definition) is 5. The number of benzene rings is 1. The minimum absolute atomic E-state index is 0.0957. The van der Waals surface area contributed by atoms with Gasteiger partial charge in [0.2, 0.25) is 0 Å². The Morgan fingerprint density at radius 3 is 2.80 bits per heavy atom. The van der Waals surface area contributed by atoms with Gasteiger partial charge in [0.15, 0.2) is 23.0 Å². The number of aryl methyl sites for hydroxylation is 1. The molecule has 132 valence electrons.